The van der Waals surface area contributed by atoms with Crippen LogP contribution in [-0.2, 0) is 11.3 Å². The Morgan fingerprint density at radius 3 is 2.57 bits per heavy atom. The quantitative estimate of drug-likeness (QED) is 0.516. The number of thioether (sulfide) groups is 1. The van der Waals surface area contributed by atoms with E-state index in [2.05, 4.69) is 0 Å². The number of phenols is 2. The lowest BCUT2D eigenvalue weighted by Crippen LogP contribution is -2.28. The second kappa shape index (κ2) is 6.90. The highest BCUT2D eigenvalue weighted by atomic mass is 32.2. The molecule has 2 N–H and O–H groups in total. The summed E-state index contributed by atoms with van der Waals surface area (Å²) in [6.07, 6.45) is 1.53. The van der Waals surface area contributed by atoms with E-state index in [1.165, 1.54) is 36.4 Å². The number of phenolic OH excluding ortho intramolecular Hbond substituents is 2. The fourth-order valence-corrected chi connectivity index (χ4v) is 3.76. The molecule has 0 bridgehead atoms. The lowest BCUT2D eigenvalue weighted by molar-refractivity contribution is -0.123. The summed E-state index contributed by atoms with van der Waals surface area (Å²) >= 11 is 0.789. The molecule has 1 aliphatic rings. The molecular weight excluding hydrogens is 382 g/mol. The molecule has 1 saturated heterocycles. The van der Waals surface area contributed by atoms with Crippen LogP contribution in [-0.4, -0.2) is 26.3 Å². The summed E-state index contributed by atoms with van der Waals surface area (Å²) in [7, 11) is 0. The van der Waals surface area contributed by atoms with Gasteiger partial charge >= 0.3 is 5.63 Å². The fourth-order valence-electron chi connectivity index (χ4n) is 2.92. The van der Waals surface area contributed by atoms with Gasteiger partial charge in [-0.15, -0.1) is 0 Å². The molecule has 4 rings (SSSR count). The third kappa shape index (κ3) is 3.37. The van der Waals surface area contributed by atoms with Gasteiger partial charge in [-0.25, -0.2) is 4.79 Å². The Bertz CT molecular complexity index is 1210. The third-order valence-electron chi connectivity index (χ3n) is 4.18. The van der Waals surface area contributed by atoms with Gasteiger partial charge in [0.15, 0.2) is 0 Å². The first-order chi connectivity index (χ1) is 13.4. The van der Waals surface area contributed by atoms with Crippen molar-refractivity contribution in [3.05, 3.63) is 75.0 Å². The van der Waals surface area contributed by atoms with Crippen LogP contribution >= 0.6 is 11.8 Å². The molecule has 140 valence electrons. The van der Waals surface area contributed by atoms with E-state index in [-0.39, 0.29) is 28.5 Å². The van der Waals surface area contributed by atoms with Gasteiger partial charge in [-0.05, 0) is 53.2 Å². The van der Waals surface area contributed by atoms with Gasteiger partial charge in [0.25, 0.3) is 11.1 Å². The maximum absolute atomic E-state index is 12.7. The van der Waals surface area contributed by atoms with E-state index in [1.54, 1.807) is 18.2 Å². The number of benzene rings is 2. The smallest absolute Gasteiger partial charge is 0.336 e. The molecule has 2 heterocycles. The molecule has 1 aromatic heterocycles. The molecule has 0 atom stereocenters. The van der Waals surface area contributed by atoms with Crippen LogP contribution in [0.25, 0.3) is 17.0 Å². The SMILES string of the molecule is O=C1S/C(=C\c2cccc(O)c2)C(=O)N1Cc1cc(=O)oc2cc(O)ccc12. The molecule has 7 nitrogen and oxygen atoms in total. The number of rotatable bonds is 3. The van der Waals surface area contributed by atoms with Crippen LogP contribution in [0.4, 0.5) is 4.79 Å². The fraction of sp³-hybridized carbons (Fsp3) is 0.0500. The number of amides is 2. The molecule has 0 spiro atoms. The number of imide groups is 1. The zero-order chi connectivity index (χ0) is 19.8. The highest BCUT2D eigenvalue weighted by Crippen LogP contribution is 2.34. The number of carbonyl (C=O) groups excluding carboxylic acids is 2. The number of aromatic hydroxyl groups is 2. The van der Waals surface area contributed by atoms with Gasteiger partial charge in [0.2, 0.25) is 0 Å². The summed E-state index contributed by atoms with van der Waals surface area (Å²) in [5.41, 5.74) is 0.555. The van der Waals surface area contributed by atoms with Gasteiger partial charge in [0, 0.05) is 17.5 Å². The van der Waals surface area contributed by atoms with Crippen molar-refractivity contribution in [1.82, 2.24) is 4.90 Å². The molecule has 2 amide bonds. The lowest BCUT2D eigenvalue weighted by atomic mass is 10.1. The molecule has 1 aliphatic heterocycles. The monoisotopic (exact) mass is 395 g/mol. The van der Waals surface area contributed by atoms with E-state index < -0.39 is 16.8 Å². The maximum atomic E-state index is 12.7. The lowest BCUT2D eigenvalue weighted by Gasteiger charge is -2.13. The minimum Gasteiger partial charge on any atom is -0.508 e. The average Bonchev–Trinajstić information content (AvgIpc) is 2.88. The topological polar surface area (TPSA) is 108 Å². The van der Waals surface area contributed by atoms with Gasteiger partial charge in [-0.3, -0.25) is 14.5 Å². The molecule has 3 aromatic rings. The van der Waals surface area contributed by atoms with Gasteiger partial charge in [-0.2, -0.15) is 0 Å². The van der Waals surface area contributed by atoms with Crippen molar-refractivity contribution < 1.29 is 24.2 Å². The Morgan fingerprint density at radius 1 is 1.00 bits per heavy atom. The summed E-state index contributed by atoms with van der Waals surface area (Å²) in [6.45, 7) is -0.102. The molecule has 0 saturated carbocycles. The second-order valence-corrected chi connectivity index (χ2v) is 7.13. The van der Waals surface area contributed by atoms with Crippen molar-refractivity contribution in [3.8, 4) is 11.5 Å². The van der Waals surface area contributed by atoms with Gasteiger partial charge < -0.3 is 14.6 Å². The molecule has 8 heteroatoms. The zero-order valence-electron chi connectivity index (χ0n) is 14.3. The van der Waals surface area contributed by atoms with Crippen molar-refractivity contribution in [2.45, 2.75) is 6.54 Å². The Hall–Kier alpha value is -3.52. The molecule has 2 aromatic carbocycles. The van der Waals surface area contributed by atoms with Crippen LogP contribution in [0.5, 0.6) is 11.5 Å². The van der Waals surface area contributed by atoms with Crippen LogP contribution < -0.4 is 5.63 Å². The molecule has 0 unspecified atom stereocenters. The summed E-state index contributed by atoms with van der Waals surface area (Å²) in [5, 5.41) is 19.2. The van der Waals surface area contributed by atoms with Crippen molar-refractivity contribution in [1.29, 1.82) is 0 Å². The van der Waals surface area contributed by atoms with Crippen LogP contribution in [0, 0.1) is 0 Å². The number of hydrogen-bond acceptors (Lipinski definition) is 7. The van der Waals surface area contributed by atoms with Gasteiger partial charge in [-0.1, -0.05) is 12.1 Å². The number of hydrogen-bond donors (Lipinski definition) is 2. The highest BCUT2D eigenvalue weighted by Gasteiger charge is 2.35. The first-order valence-electron chi connectivity index (χ1n) is 8.21. The summed E-state index contributed by atoms with van der Waals surface area (Å²) < 4.78 is 5.07. The normalized spacial score (nSPS) is 15.7. The van der Waals surface area contributed by atoms with E-state index in [1.807, 2.05) is 0 Å². The first-order valence-corrected chi connectivity index (χ1v) is 9.02. The predicted molar refractivity (Wildman–Crippen MR) is 104 cm³/mol. The molecular formula is C20H13NO6S. The largest absolute Gasteiger partial charge is 0.508 e. The third-order valence-corrected chi connectivity index (χ3v) is 5.09. The second-order valence-electron chi connectivity index (χ2n) is 6.13. The highest BCUT2D eigenvalue weighted by molar-refractivity contribution is 8.18. The van der Waals surface area contributed by atoms with E-state index in [9.17, 15) is 24.6 Å². The van der Waals surface area contributed by atoms with Crippen LogP contribution in [0.1, 0.15) is 11.1 Å². The average molecular weight is 395 g/mol. The minimum atomic E-state index is -0.643. The number of nitrogens with zero attached hydrogens (tertiary/aromatic N) is 1. The Morgan fingerprint density at radius 2 is 1.79 bits per heavy atom. The Balaban J connectivity index is 1.68. The van der Waals surface area contributed by atoms with E-state index in [0.717, 1.165) is 16.7 Å². The van der Waals surface area contributed by atoms with E-state index in [4.69, 9.17) is 4.42 Å². The van der Waals surface area contributed by atoms with Crippen molar-refractivity contribution in [3.63, 3.8) is 0 Å². The van der Waals surface area contributed by atoms with E-state index in [0.29, 0.717) is 16.5 Å². The molecule has 1 fully saturated rings. The number of fused-ring (bicyclic) bond motifs is 1. The summed E-state index contributed by atoms with van der Waals surface area (Å²) in [5.74, 6) is -0.495. The summed E-state index contributed by atoms with van der Waals surface area (Å²) in [4.78, 5) is 38.1. The van der Waals surface area contributed by atoms with Crippen LogP contribution in [0.2, 0.25) is 0 Å². The van der Waals surface area contributed by atoms with Crippen molar-refractivity contribution >= 4 is 40.0 Å². The van der Waals surface area contributed by atoms with Crippen molar-refractivity contribution in [2.24, 2.45) is 0 Å². The zero-order valence-corrected chi connectivity index (χ0v) is 15.1. The first kappa shape index (κ1) is 17.9. The van der Waals surface area contributed by atoms with Crippen LogP contribution in [0.15, 0.2) is 62.6 Å². The predicted octanol–water partition coefficient (Wildman–Crippen LogP) is 3.44. The van der Waals surface area contributed by atoms with Crippen molar-refractivity contribution in [2.75, 3.05) is 0 Å². The maximum Gasteiger partial charge on any atom is 0.336 e. The van der Waals surface area contributed by atoms with Gasteiger partial charge in [0.1, 0.15) is 17.1 Å². The molecule has 0 aliphatic carbocycles. The minimum absolute atomic E-state index is 0.0544. The Labute approximate surface area is 162 Å². The number of carbonyl (C=O) groups is 2. The van der Waals surface area contributed by atoms with Gasteiger partial charge in [0.05, 0.1) is 11.4 Å². The molecule has 0 radical (unpaired) electrons. The Kier molecular flexibility index (Phi) is 4.40. The molecule has 28 heavy (non-hydrogen) atoms. The standard InChI is InChI=1S/C20H13NO6S/c22-13-3-1-2-11(6-13)7-17-19(25)21(20(26)28-17)10-12-8-18(24)27-16-9-14(23)4-5-15(12)16/h1-9,22-23H,10H2/b17-7-. The van der Waals surface area contributed by atoms with E-state index >= 15 is 0 Å². The summed E-state index contributed by atoms with van der Waals surface area (Å²) in [6, 6.07) is 11.8. The van der Waals surface area contributed by atoms with Crippen LogP contribution in [0.3, 0.4) is 0 Å².